The number of nitrogens with zero attached hydrogens (tertiary/aromatic N) is 2. The summed E-state index contributed by atoms with van der Waals surface area (Å²) in [5, 5.41) is 9.59. The van der Waals surface area contributed by atoms with Gasteiger partial charge in [0.15, 0.2) is 0 Å². The molecule has 156 valence electrons. The number of fused-ring (bicyclic) bond motifs is 2. The van der Waals surface area contributed by atoms with E-state index in [9.17, 15) is 9.90 Å². The molecule has 1 aliphatic heterocycles. The molecule has 1 amide bonds. The predicted molar refractivity (Wildman–Crippen MR) is 114 cm³/mol. The maximum Gasteiger partial charge on any atom is 0.219 e. The summed E-state index contributed by atoms with van der Waals surface area (Å²) in [5.41, 5.74) is 1.24. The lowest BCUT2D eigenvalue weighted by Gasteiger charge is -2.32. The Hall–Kier alpha value is -1.55. The van der Waals surface area contributed by atoms with Crippen molar-refractivity contribution in [1.82, 2.24) is 9.80 Å². The highest BCUT2D eigenvalue weighted by Gasteiger charge is 2.29. The van der Waals surface area contributed by atoms with Crippen molar-refractivity contribution in [2.24, 2.45) is 5.92 Å². The Bertz CT molecular complexity index is 601. The number of hydrogen-bond donors (Lipinski definition) is 1. The summed E-state index contributed by atoms with van der Waals surface area (Å²) in [4.78, 5) is 16.8. The molecule has 2 atom stereocenters. The van der Waals surface area contributed by atoms with Gasteiger partial charge in [-0.25, -0.2) is 0 Å². The van der Waals surface area contributed by atoms with E-state index in [0.29, 0.717) is 11.8 Å². The van der Waals surface area contributed by atoms with Crippen molar-refractivity contribution in [3.8, 4) is 5.75 Å². The van der Waals surface area contributed by atoms with Crippen molar-refractivity contribution in [3.63, 3.8) is 0 Å². The fourth-order valence-corrected chi connectivity index (χ4v) is 4.99. The van der Waals surface area contributed by atoms with Crippen molar-refractivity contribution in [1.29, 1.82) is 0 Å². The fourth-order valence-electron chi connectivity index (χ4n) is 4.99. The minimum Gasteiger partial charge on any atom is -0.508 e. The molecule has 2 fully saturated rings. The highest BCUT2D eigenvalue weighted by atomic mass is 16.3. The van der Waals surface area contributed by atoms with Gasteiger partial charge >= 0.3 is 0 Å². The second-order valence-corrected chi connectivity index (χ2v) is 8.89. The Morgan fingerprint density at radius 2 is 1.64 bits per heavy atom. The Kier molecular flexibility index (Phi) is 8.20. The zero-order valence-electron chi connectivity index (χ0n) is 17.6. The van der Waals surface area contributed by atoms with E-state index in [1.165, 1.54) is 63.4 Å². The quantitative estimate of drug-likeness (QED) is 0.781. The first kappa shape index (κ1) is 21.2. The van der Waals surface area contributed by atoms with Crippen LogP contribution in [0.5, 0.6) is 5.75 Å². The molecule has 28 heavy (non-hydrogen) atoms. The molecule has 0 radical (unpaired) electrons. The van der Waals surface area contributed by atoms with Crippen molar-refractivity contribution in [2.45, 2.75) is 83.7 Å². The summed E-state index contributed by atoms with van der Waals surface area (Å²) >= 11 is 0. The van der Waals surface area contributed by atoms with Gasteiger partial charge in [0.2, 0.25) is 5.91 Å². The summed E-state index contributed by atoms with van der Waals surface area (Å²) in [6.45, 7) is 5.29. The molecule has 3 rings (SSSR count). The molecule has 1 aromatic carbocycles. The maximum atomic E-state index is 12.1. The van der Waals surface area contributed by atoms with Crippen LogP contribution in [0, 0.1) is 5.92 Å². The zero-order chi connectivity index (χ0) is 19.8. The average Bonchev–Trinajstić information content (AvgIpc) is 3.14. The van der Waals surface area contributed by atoms with Gasteiger partial charge in [0.1, 0.15) is 5.75 Å². The van der Waals surface area contributed by atoms with E-state index in [-0.39, 0.29) is 5.91 Å². The lowest BCUT2D eigenvalue weighted by Crippen LogP contribution is -2.41. The van der Waals surface area contributed by atoms with Crippen LogP contribution in [0.1, 0.15) is 76.7 Å². The Balaban J connectivity index is 1.69. The monoisotopic (exact) mass is 386 g/mol. The van der Waals surface area contributed by atoms with Crippen LogP contribution < -0.4 is 0 Å². The number of carbonyl (C=O) groups excluding carboxylic acids is 1. The second kappa shape index (κ2) is 10.8. The number of hydrogen-bond acceptors (Lipinski definition) is 3. The summed E-state index contributed by atoms with van der Waals surface area (Å²) in [6.07, 6.45) is 13.1. The van der Waals surface area contributed by atoms with E-state index in [2.05, 4.69) is 9.80 Å². The molecule has 1 aromatic rings. The molecule has 0 spiro atoms. The largest absolute Gasteiger partial charge is 0.508 e. The van der Waals surface area contributed by atoms with Gasteiger partial charge in [0.05, 0.1) is 0 Å². The van der Waals surface area contributed by atoms with Crippen LogP contribution in [0.25, 0.3) is 0 Å². The predicted octanol–water partition coefficient (Wildman–Crippen LogP) is 4.96. The van der Waals surface area contributed by atoms with E-state index >= 15 is 0 Å². The molecule has 4 heteroatoms. The molecule has 1 saturated heterocycles. The molecule has 0 aromatic heterocycles. The lowest BCUT2D eigenvalue weighted by molar-refractivity contribution is -0.129. The van der Waals surface area contributed by atoms with E-state index in [0.717, 1.165) is 38.5 Å². The molecular formula is C24H38N2O2. The smallest absolute Gasteiger partial charge is 0.219 e. The number of phenols is 1. The first-order chi connectivity index (χ1) is 13.6. The number of phenolic OH excluding ortho intramolecular Hbond substituents is 1. The molecule has 2 aliphatic rings. The van der Waals surface area contributed by atoms with Gasteiger partial charge in [-0.15, -0.1) is 0 Å². The van der Waals surface area contributed by atoms with Crippen molar-refractivity contribution in [2.75, 3.05) is 19.6 Å². The van der Waals surface area contributed by atoms with Crippen LogP contribution in [-0.4, -0.2) is 46.5 Å². The fraction of sp³-hybridized carbons (Fsp3) is 0.708. The third kappa shape index (κ3) is 6.51. The molecule has 1 unspecified atom stereocenters. The number of benzene rings is 1. The van der Waals surface area contributed by atoms with Crippen LogP contribution in [0.3, 0.4) is 0 Å². The van der Waals surface area contributed by atoms with Crippen molar-refractivity contribution >= 4 is 5.91 Å². The van der Waals surface area contributed by atoms with Crippen LogP contribution in [-0.2, 0) is 11.3 Å². The number of carbonyl (C=O) groups is 1. The van der Waals surface area contributed by atoms with E-state index in [4.69, 9.17) is 0 Å². The number of rotatable bonds is 2. The first-order valence-corrected chi connectivity index (χ1v) is 11.4. The second-order valence-electron chi connectivity index (χ2n) is 8.89. The topological polar surface area (TPSA) is 43.8 Å². The van der Waals surface area contributed by atoms with Gasteiger partial charge in [-0.05, 0) is 49.3 Å². The lowest BCUT2D eigenvalue weighted by atomic mass is 9.98. The summed E-state index contributed by atoms with van der Waals surface area (Å²) < 4.78 is 0. The Labute approximate surface area is 170 Å². The van der Waals surface area contributed by atoms with Gasteiger partial charge in [-0.2, -0.15) is 0 Å². The molecule has 4 nitrogen and oxygen atoms in total. The van der Waals surface area contributed by atoms with Gasteiger partial charge in [0, 0.05) is 39.1 Å². The summed E-state index contributed by atoms with van der Waals surface area (Å²) in [7, 11) is 0. The van der Waals surface area contributed by atoms with Gasteiger partial charge < -0.3 is 10.0 Å². The van der Waals surface area contributed by atoms with E-state index in [1.807, 2.05) is 12.1 Å². The molecule has 1 aliphatic carbocycles. The Morgan fingerprint density at radius 3 is 2.39 bits per heavy atom. The van der Waals surface area contributed by atoms with Gasteiger partial charge in [-0.1, -0.05) is 50.7 Å². The standard InChI is InChI=1S/C24H38N2O2/c1-20(27)25-15-7-5-3-2-4-6-8-21-9-12-23(18-21)26(17-16-25)19-22-10-13-24(28)14-11-22/h10-11,13-14,21,23,28H,2-9,12,15-19H2,1H3/t21?,23-/m0/s1. The first-order valence-electron chi connectivity index (χ1n) is 11.4. The normalized spacial score (nSPS) is 25.8. The maximum absolute atomic E-state index is 12.1. The van der Waals surface area contributed by atoms with Crippen LogP contribution in [0.4, 0.5) is 0 Å². The van der Waals surface area contributed by atoms with Crippen molar-refractivity contribution < 1.29 is 9.90 Å². The van der Waals surface area contributed by atoms with Gasteiger partial charge in [0.25, 0.3) is 0 Å². The molecule has 1 saturated carbocycles. The Morgan fingerprint density at radius 1 is 0.929 bits per heavy atom. The third-order valence-corrected chi connectivity index (χ3v) is 6.74. The van der Waals surface area contributed by atoms with Crippen LogP contribution in [0.2, 0.25) is 0 Å². The van der Waals surface area contributed by atoms with E-state index < -0.39 is 0 Å². The molecule has 1 N–H and O–H groups in total. The third-order valence-electron chi connectivity index (χ3n) is 6.74. The SMILES string of the molecule is CC(=O)N1CCCCCCCCC2CC[C@@H](C2)N(Cc2ccc(O)cc2)CC1. The average molecular weight is 387 g/mol. The molecule has 1 heterocycles. The minimum atomic E-state index is 0.207. The van der Waals surface area contributed by atoms with E-state index in [1.54, 1.807) is 19.1 Å². The summed E-state index contributed by atoms with van der Waals surface area (Å²) in [5.74, 6) is 1.41. The van der Waals surface area contributed by atoms with Crippen LogP contribution >= 0.6 is 0 Å². The highest BCUT2D eigenvalue weighted by molar-refractivity contribution is 5.73. The molecular weight excluding hydrogens is 348 g/mol. The zero-order valence-corrected chi connectivity index (χ0v) is 17.6. The van der Waals surface area contributed by atoms with Crippen molar-refractivity contribution in [3.05, 3.63) is 29.8 Å². The summed E-state index contributed by atoms with van der Waals surface area (Å²) in [6, 6.07) is 8.24. The van der Waals surface area contributed by atoms with Gasteiger partial charge in [-0.3, -0.25) is 9.69 Å². The number of aromatic hydroxyl groups is 1. The number of amides is 1. The molecule has 2 bridgehead atoms. The van der Waals surface area contributed by atoms with Crippen LogP contribution in [0.15, 0.2) is 24.3 Å². The minimum absolute atomic E-state index is 0.207. The highest BCUT2D eigenvalue weighted by Crippen LogP contribution is 2.34.